The molecule has 0 spiro atoms. The molecule has 34 heavy (non-hydrogen) atoms. The summed E-state index contributed by atoms with van der Waals surface area (Å²) in [5, 5.41) is 2.89. The van der Waals surface area contributed by atoms with Crippen molar-refractivity contribution in [2.45, 2.75) is 26.0 Å². The van der Waals surface area contributed by atoms with Gasteiger partial charge in [-0.3, -0.25) is 14.5 Å². The Bertz CT molecular complexity index is 994. The number of carbonyl (C=O) groups is 2. The highest BCUT2D eigenvalue weighted by Crippen LogP contribution is 2.27. The molecule has 0 fully saturated rings. The summed E-state index contributed by atoms with van der Waals surface area (Å²) >= 11 is 0. The molecule has 1 aliphatic heterocycles. The fraction of sp³-hybridized carbons (Fsp3) is 0.462. The number of anilines is 1. The molecule has 1 heterocycles. The van der Waals surface area contributed by atoms with Gasteiger partial charge in [0, 0.05) is 50.6 Å². The first-order valence-electron chi connectivity index (χ1n) is 11.4. The molecule has 0 saturated heterocycles. The van der Waals surface area contributed by atoms with Gasteiger partial charge in [-0.1, -0.05) is 6.92 Å². The second-order valence-electron chi connectivity index (χ2n) is 8.93. The fourth-order valence-corrected chi connectivity index (χ4v) is 3.98. The molecule has 0 aromatic heterocycles. The average Bonchev–Trinajstić information content (AvgIpc) is 2.84. The lowest BCUT2D eigenvalue weighted by molar-refractivity contribution is 0.0150. The molecule has 0 saturated carbocycles. The molecule has 1 aliphatic rings. The van der Waals surface area contributed by atoms with Crippen molar-refractivity contribution in [3.63, 3.8) is 0 Å². The highest BCUT2D eigenvalue weighted by molar-refractivity contribution is 6.05. The van der Waals surface area contributed by atoms with Gasteiger partial charge in [-0.05, 0) is 56.3 Å². The topological polar surface area (TPSA) is 80.3 Å². The lowest BCUT2D eigenvalue weighted by Crippen LogP contribution is -2.45. The van der Waals surface area contributed by atoms with E-state index in [1.807, 2.05) is 0 Å². The summed E-state index contributed by atoms with van der Waals surface area (Å²) < 4.78 is 17.0. The second-order valence-corrected chi connectivity index (χ2v) is 8.93. The monoisotopic (exact) mass is 469 g/mol. The lowest BCUT2D eigenvalue weighted by Gasteiger charge is -2.34. The zero-order valence-corrected chi connectivity index (χ0v) is 20.8. The Morgan fingerprint density at radius 1 is 1.06 bits per heavy atom. The number of ether oxygens (including phenoxy) is 3. The number of fused-ring (bicyclic) bond motifs is 1. The number of nitrogens with zero attached hydrogens (tertiary/aromatic N) is 2. The predicted octanol–water partition coefficient (Wildman–Crippen LogP) is 3.38. The summed E-state index contributed by atoms with van der Waals surface area (Å²) in [7, 11) is 7.09. The van der Waals surface area contributed by atoms with E-state index in [0.29, 0.717) is 41.5 Å². The first-order chi connectivity index (χ1) is 16.2. The van der Waals surface area contributed by atoms with Crippen LogP contribution in [0.3, 0.4) is 0 Å². The quantitative estimate of drug-likeness (QED) is 0.740. The maximum atomic E-state index is 13.3. The molecule has 2 aromatic carbocycles. The SMILES string of the molecule is COc1ccc(C(=O)Nc2ccc3c(c2)OC[C@@H](C)N(C)C[C@H](C)[C@@H](OC)CN(C)C3=O)cc1. The molecule has 184 valence electrons. The molecule has 0 unspecified atom stereocenters. The maximum Gasteiger partial charge on any atom is 0.257 e. The van der Waals surface area contributed by atoms with Crippen LogP contribution in [0.5, 0.6) is 11.5 Å². The van der Waals surface area contributed by atoms with Gasteiger partial charge in [0.1, 0.15) is 18.1 Å². The van der Waals surface area contributed by atoms with Gasteiger partial charge < -0.3 is 24.4 Å². The van der Waals surface area contributed by atoms with Gasteiger partial charge in [-0.2, -0.15) is 0 Å². The zero-order chi connectivity index (χ0) is 24.8. The van der Waals surface area contributed by atoms with Gasteiger partial charge in [0.15, 0.2) is 0 Å². The highest BCUT2D eigenvalue weighted by Gasteiger charge is 2.27. The van der Waals surface area contributed by atoms with Crippen molar-refractivity contribution >= 4 is 17.5 Å². The number of hydrogen-bond acceptors (Lipinski definition) is 6. The summed E-state index contributed by atoms with van der Waals surface area (Å²) in [6.45, 7) is 5.90. The van der Waals surface area contributed by atoms with E-state index in [1.54, 1.807) is 68.6 Å². The van der Waals surface area contributed by atoms with Crippen molar-refractivity contribution in [3.8, 4) is 11.5 Å². The molecular formula is C26H35N3O5. The normalized spacial score (nSPS) is 22.1. The van der Waals surface area contributed by atoms with E-state index in [9.17, 15) is 9.59 Å². The minimum absolute atomic E-state index is 0.0875. The van der Waals surface area contributed by atoms with Gasteiger partial charge in [0.2, 0.25) is 0 Å². The van der Waals surface area contributed by atoms with E-state index < -0.39 is 0 Å². The number of benzene rings is 2. The third-order valence-electron chi connectivity index (χ3n) is 6.37. The predicted molar refractivity (Wildman–Crippen MR) is 132 cm³/mol. The summed E-state index contributed by atoms with van der Waals surface area (Å²) in [4.78, 5) is 29.9. The molecule has 0 aliphatic carbocycles. The van der Waals surface area contributed by atoms with E-state index in [2.05, 4.69) is 31.1 Å². The molecule has 2 aromatic rings. The van der Waals surface area contributed by atoms with E-state index in [0.717, 1.165) is 6.54 Å². The van der Waals surface area contributed by atoms with Gasteiger partial charge in [0.25, 0.3) is 11.8 Å². The third kappa shape index (κ3) is 6.07. The first-order valence-corrected chi connectivity index (χ1v) is 11.4. The van der Waals surface area contributed by atoms with E-state index in [-0.39, 0.29) is 29.9 Å². The van der Waals surface area contributed by atoms with Crippen molar-refractivity contribution < 1.29 is 23.8 Å². The standard InChI is InChI=1S/C26H35N3O5/c1-17-14-28(3)18(2)16-34-23-13-20(27-25(30)19-7-10-21(32-5)11-8-19)9-12-22(23)26(31)29(4)15-24(17)33-6/h7-13,17-18,24H,14-16H2,1-6H3,(H,27,30)/t17-,18+,24-/m0/s1. The van der Waals surface area contributed by atoms with Crippen molar-refractivity contribution in [2.24, 2.45) is 5.92 Å². The van der Waals surface area contributed by atoms with Crippen LogP contribution in [-0.4, -0.2) is 81.8 Å². The molecule has 0 radical (unpaired) electrons. The van der Waals surface area contributed by atoms with Gasteiger partial charge in [-0.15, -0.1) is 0 Å². The number of carbonyl (C=O) groups excluding carboxylic acids is 2. The smallest absolute Gasteiger partial charge is 0.257 e. The van der Waals surface area contributed by atoms with Crippen LogP contribution in [-0.2, 0) is 4.74 Å². The highest BCUT2D eigenvalue weighted by atomic mass is 16.5. The maximum absolute atomic E-state index is 13.3. The lowest BCUT2D eigenvalue weighted by atomic mass is 10.0. The third-order valence-corrected chi connectivity index (χ3v) is 6.37. The van der Waals surface area contributed by atoms with Crippen LogP contribution in [0.4, 0.5) is 5.69 Å². The number of nitrogens with one attached hydrogen (secondary N) is 1. The Kier molecular flexibility index (Phi) is 8.52. The largest absolute Gasteiger partial charge is 0.497 e. The molecule has 1 N–H and O–H groups in total. The first kappa shape index (κ1) is 25.5. The second kappa shape index (κ2) is 11.4. The minimum Gasteiger partial charge on any atom is -0.497 e. The summed E-state index contributed by atoms with van der Waals surface area (Å²) in [6, 6.07) is 12.1. The van der Waals surface area contributed by atoms with Gasteiger partial charge >= 0.3 is 0 Å². The number of amides is 2. The van der Waals surface area contributed by atoms with Crippen LogP contribution >= 0.6 is 0 Å². The van der Waals surface area contributed by atoms with Crippen LogP contribution in [0.15, 0.2) is 42.5 Å². The van der Waals surface area contributed by atoms with Crippen LogP contribution in [0, 0.1) is 5.92 Å². The zero-order valence-electron chi connectivity index (χ0n) is 20.8. The number of likely N-dealkylation sites (N-methyl/N-ethyl adjacent to an activating group) is 2. The Hall–Kier alpha value is -3.10. The molecule has 3 rings (SSSR count). The molecule has 8 heteroatoms. The van der Waals surface area contributed by atoms with Gasteiger partial charge in [0.05, 0.1) is 18.8 Å². The van der Waals surface area contributed by atoms with Crippen molar-refractivity contribution in [2.75, 3.05) is 53.3 Å². The molecular weight excluding hydrogens is 434 g/mol. The molecule has 8 nitrogen and oxygen atoms in total. The van der Waals surface area contributed by atoms with E-state index in [4.69, 9.17) is 14.2 Å². The fourth-order valence-electron chi connectivity index (χ4n) is 3.98. The van der Waals surface area contributed by atoms with E-state index in [1.165, 1.54) is 0 Å². The van der Waals surface area contributed by atoms with Crippen LogP contribution in [0.25, 0.3) is 0 Å². The summed E-state index contributed by atoms with van der Waals surface area (Å²) in [6.07, 6.45) is -0.0875. The van der Waals surface area contributed by atoms with Crippen molar-refractivity contribution in [1.29, 1.82) is 0 Å². The van der Waals surface area contributed by atoms with Crippen LogP contribution < -0.4 is 14.8 Å². The number of hydrogen-bond donors (Lipinski definition) is 1. The Labute approximate surface area is 201 Å². The average molecular weight is 470 g/mol. The Morgan fingerprint density at radius 2 is 1.76 bits per heavy atom. The van der Waals surface area contributed by atoms with Crippen molar-refractivity contribution in [3.05, 3.63) is 53.6 Å². The number of methoxy groups -OCH3 is 2. The molecule has 0 bridgehead atoms. The number of rotatable bonds is 4. The molecule has 2 amide bonds. The van der Waals surface area contributed by atoms with Gasteiger partial charge in [-0.25, -0.2) is 0 Å². The van der Waals surface area contributed by atoms with Crippen LogP contribution in [0.2, 0.25) is 0 Å². The van der Waals surface area contributed by atoms with Crippen molar-refractivity contribution in [1.82, 2.24) is 9.80 Å². The minimum atomic E-state index is -0.260. The van der Waals surface area contributed by atoms with Crippen LogP contribution in [0.1, 0.15) is 34.6 Å². The summed E-state index contributed by atoms with van der Waals surface area (Å²) in [5.41, 5.74) is 1.50. The summed E-state index contributed by atoms with van der Waals surface area (Å²) in [5.74, 6) is 0.939. The van der Waals surface area contributed by atoms with E-state index >= 15 is 0 Å². The Balaban J connectivity index is 1.87. The molecule has 3 atom stereocenters. The Morgan fingerprint density at radius 3 is 2.41 bits per heavy atom.